The fourth-order valence-corrected chi connectivity index (χ4v) is 1.40. The Morgan fingerprint density at radius 1 is 1.50 bits per heavy atom. The number of alkyl halides is 3. The average molecular weight is 264 g/mol. The van der Waals surface area contributed by atoms with Gasteiger partial charge in [-0.05, 0) is 18.9 Å². The van der Waals surface area contributed by atoms with Crippen molar-refractivity contribution in [1.82, 2.24) is 9.78 Å². The van der Waals surface area contributed by atoms with Crippen molar-refractivity contribution in [2.75, 3.05) is 6.61 Å². The fourth-order valence-electron chi connectivity index (χ4n) is 1.40. The normalized spacial score (nSPS) is 11.9. The van der Waals surface area contributed by atoms with Crippen LogP contribution in [-0.4, -0.2) is 22.4 Å². The fraction of sp³-hybridized carbons (Fsp3) is 0.636. The van der Waals surface area contributed by atoms with Gasteiger partial charge in [0.25, 0.3) is 0 Å². The van der Waals surface area contributed by atoms with Gasteiger partial charge in [-0.3, -0.25) is 4.79 Å². The third-order valence-corrected chi connectivity index (χ3v) is 2.27. The Kier molecular flexibility index (Phi) is 4.37. The summed E-state index contributed by atoms with van der Waals surface area (Å²) in [6.45, 7) is 4.65. The summed E-state index contributed by atoms with van der Waals surface area (Å²) in [4.78, 5) is 11.2. The minimum Gasteiger partial charge on any atom is -0.465 e. The molecule has 18 heavy (non-hydrogen) atoms. The molecule has 0 spiro atoms. The van der Waals surface area contributed by atoms with Crippen LogP contribution in [0.5, 0.6) is 0 Å². The number of ether oxygens (including phenoxy) is 1. The Bertz CT molecular complexity index is 424. The second-order valence-electron chi connectivity index (χ2n) is 4.07. The van der Waals surface area contributed by atoms with Gasteiger partial charge in [0.2, 0.25) is 0 Å². The number of aromatic nitrogens is 2. The van der Waals surface area contributed by atoms with Crippen LogP contribution in [0.3, 0.4) is 0 Å². The molecule has 0 saturated heterocycles. The second-order valence-corrected chi connectivity index (χ2v) is 4.07. The van der Waals surface area contributed by atoms with E-state index in [1.807, 2.05) is 0 Å². The van der Waals surface area contributed by atoms with Crippen molar-refractivity contribution in [3.05, 3.63) is 17.5 Å². The SMILES string of the molecule is CCOC(=O)Cn1nc(C(C)C)cc1C(F)(F)F. The zero-order valence-electron chi connectivity index (χ0n) is 10.4. The molecule has 4 nitrogen and oxygen atoms in total. The first-order valence-electron chi connectivity index (χ1n) is 5.56. The van der Waals surface area contributed by atoms with Gasteiger partial charge in [0.05, 0.1) is 12.3 Å². The van der Waals surface area contributed by atoms with E-state index in [0.29, 0.717) is 10.4 Å². The maximum Gasteiger partial charge on any atom is 0.433 e. The molecule has 0 aromatic carbocycles. The Morgan fingerprint density at radius 3 is 2.56 bits per heavy atom. The lowest BCUT2D eigenvalue weighted by molar-refractivity contribution is -0.149. The molecular formula is C11H15F3N2O2. The zero-order valence-corrected chi connectivity index (χ0v) is 10.4. The van der Waals surface area contributed by atoms with Crippen LogP contribution >= 0.6 is 0 Å². The van der Waals surface area contributed by atoms with Crippen molar-refractivity contribution in [2.24, 2.45) is 0 Å². The summed E-state index contributed by atoms with van der Waals surface area (Å²) in [5, 5.41) is 3.79. The van der Waals surface area contributed by atoms with E-state index in [1.165, 1.54) is 0 Å². The van der Waals surface area contributed by atoms with E-state index in [0.717, 1.165) is 6.07 Å². The van der Waals surface area contributed by atoms with E-state index in [-0.39, 0.29) is 12.5 Å². The Hall–Kier alpha value is -1.53. The van der Waals surface area contributed by atoms with E-state index >= 15 is 0 Å². The highest BCUT2D eigenvalue weighted by Crippen LogP contribution is 2.31. The monoisotopic (exact) mass is 264 g/mol. The first kappa shape index (κ1) is 14.5. The number of carbonyl (C=O) groups is 1. The lowest BCUT2D eigenvalue weighted by Gasteiger charge is -2.09. The number of hydrogen-bond acceptors (Lipinski definition) is 3. The maximum absolute atomic E-state index is 12.7. The summed E-state index contributed by atoms with van der Waals surface area (Å²) >= 11 is 0. The van der Waals surface area contributed by atoms with Crippen molar-refractivity contribution in [2.45, 2.75) is 39.4 Å². The van der Waals surface area contributed by atoms with E-state index in [9.17, 15) is 18.0 Å². The van der Waals surface area contributed by atoms with Crippen LogP contribution in [0, 0.1) is 0 Å². The van der Waals surface area contributed by atoms with E-state index < -0.39 is 24.4 Å². The molecule has 1 aromatic rings. The van der Waals surface area contributed by atoms with Crippen LogP contribution in [0.2, 0.25) is 0 Å². The van der Waals surface area contributed by atoms with Crippen LogP contribution in [0.15, 0.2) is 6.07 Å². The quantitative estimate of drug-likeness (QED) is 0.785. The maximum atomic E-state index is 12.7. The highest BCUT2D eigenvalue weighted by Gasteiger charge is 2.36. The Morgan fingerprint density at radius 2 is 2.11 bits per heavy atom. The summed E-state index contributed by atoms with van der Waals surface area (Å²) in [7, 11) is 0. The number of halogens is 3. The molecule has 0 atom stereocenters. The third-order valence-electron chi connectivity index (χ3n) is 2.27. The first-order chi connectivity index (χ1) is 8.25. The van der Waals surface area contributed by atoms with E-state index in [4.69, 9.17) is 0 Å². The first-order valence-corrected chi connectivity index (χ1v) is 5.56. The van der Waals surface area contributed by atoms with E-state index in [1.54, 1.807) is 20.8 Å². The molecule has 0 aliphatic rings. The van der Waals surface area contributed by atoms with Gasteiger partial charge in [-0.15, -0.1) is 0 Å². The highest BCUT2D eigenvalue weighted by molar-refractivity contribution is 5.69. The Labute approximate surface area is 103 Å². The molecule has 0 N–H and O–H groups in total. The van der Waals surface area contributed by atoms with E-state index in [2.05, 4.69) is 9.84 Å². The van der Waals surface area contributed by atoms with Gasteiger partial charge in [0.15, 0.2) is 0 Å². The van der Waals surface area contributed by atoms with Crippen molar-refractivity contribution in [3.63, 3.8) is 0 Å². The van der Waals surface area contributed by atoms with Gasteiger partial charge >= 0.3 is 12.1 Å². The predicted molar refractivity (Wildman–Crippen MR) is 58.0 cm³/mol. The smallest absolute Gasteiger partial charge is 0.433 e. The molecule has 0 aliphatic heterocycles. The molecule has 1 rings (SSSR count). The number of hydrogen-bond donors (Lipinski definition) is 0. The molecule has 0 unspecified atom stereocenters. The van der Waals surface area contributed by atoms with Crippen molar-refractivity contribution < 1.29 is 22.7 Å². The molecule has 1 heterocycles. The van der Waals surface area contributed by atoms with Crippen LogP contribution in [0.25, 0.3) is 0 Å². The average Bonchev–Trinajstić information content (AvgIpc) is 2.61. The molecule has 102 valence electrons. The molecule has 7 heteroatoms. The van der Waals surface area contributed by atoms with Crippen molar-refractivity contribution >= 4 is 5.97 Å². The summed E-state index contributed by atoms with van der Waals surface area (Å²) in [6, 6.07) is 0.962. The largest absolute Gasteiger partial charge is 0.465 e. The summed E-state index contributed by atoms with van der Waals surface area (Å²) in [6.07, 6.45) is -4.54. The topological polar surface area (TPSA) is 44.1 Å². The Balaban J connectivity index is 3.04. The molecule has 0 fully saturated rings. The molecule has 0 amide bonds. The van der Waals surface area contributed by atoms with Gasteiger partial charge in [0, 0.05) is 0 Å². The van der Waals surface area contributed by atoms with Crippen molar-refractivity contribution in [1.29, 1.82) is 0 Å². The van der Waals surface area contributed by atoms with Gasteiger partial charge in [-0.1, -0.05) is 13.8 Å². The van der Waals surface area contributed by atoms with Crippen LogP contribution in [-0.2, 0) is 22.3 Å². The second kappa shape index (κ2) is 5.41. The lowest BCUT2D eigenvalue weighted by atomic mass is 10.1. The number of carbonyl (C=O) groups excluding carboxylic acids is 1. The number of rotatable bonds is 4. The molecule has 0 bridgehead atoms. The molecular weight excluding hydrogens is 249 g/mol. The standard InChI is InChI=1S/C11H15F3N2O2/c1-4-18-10(17)6-16-9(11(12,13)14)5-8(15-16)7(2)3/h5,7H,4,6H2,1-3H3. The minimum absolute atomic E-state index is 0.124. The predicted octanol–water partition coefficient (Wildman–Crippen LogP) is 2.59. The third kappa shape index (κ3) is 3.48. The summed E-state index contributed by atoms with van der Waals surface area (Å²) in [5.41, 5.74) is -0.633. The summed E-state index contributed by atoms with van der Waals surface area (Å²) < 4.78 is 43.5. The van der Waals surface area contributed by atoms with Gasteiger partial charge in [-0.2, -0.15) is 18.3 Å². The molecule has 0 aliphatic carbocycles. The highest BCUT2D eigenvalue weighted by atomic mass is 19.4. The zero-order chi connectivity index (χ0) is 13.9. The minimum atomic E-state index is -4.54. The van der Waals surface area contributed by atoms with Crippen LogP contribution in [0.1, 0.15) is 38.1 Å². The molecule has 1 aromatic heterocycles. The lowest BCUT2D eigenvalue weighted by Crippen LogP contribution is -2.20. The summed E-state index contributed by atoms with van der Waals surface area (Å²) in [5.74, 6) is -0.879. The molecule has 0 radical (unpaired) electrons. The van der Waals surface area contributed by atoms with Crippen LogP contribution < -0.4 is 0 Å². The number of esters is 1. The number of nitrogens with zero attached hydrogens (tertiary/aromatic N) is 2. The van der Waals surface area contributed by atoms with Gasteiger partial charge in [0.1, 0.15) is 12.2 Å². The van der Waals surface area contributed by atoms with Crippen LogP contribution in [0.4, 0.5) is 13.2 Å². The van der Waals surface area contributed by atoms with Crippen molar-refractivity contribution in [3.8, 4) is 0 Å². The molecule has 0 saturated carbocycles. The van der Waals surface area contributed by atoms with Gasteiger partial charge < -0.3 is 4.74 Å². The van der Waals surface area contributed by atoms with Gasteiger partial charge in [-0.25, -0.2) is 4.68 Å².